The lowest BCUT2D eigenvalue weighted by Gasteiger charge is -2.33. The summed E-state index contributed by atoms with van der Waals surface area (Å²) in [5.41, 5.74) is 0.321. The first-order valence-corrected chi connectivity index (χ1v) is 10.1. The van der Waals surface area contributed by atoms with Gasteiger partial charge in [0.05, 0.1) is 0 Å². The molecule has 1 N–H and O–H groups in total. The van der Waals surface area contributed by atoms with Crippen molar-refractivity contribution in [3.63, 3.8) is 0 Å². The Balaban J connectivity index is 1.68. The number of aryl methyl sites for hydroxylation is 2. The Morgan fingerprint density at radius 1 is 1.15 bits per heavy atom. The molecule has 0 unspecified atom stereocenters. The number of rotatable bonds is 4. The van der Waals surface area contributed by atoms with Crippen LogP contribution in [0.15, 0.2) is 9.42 Å². The number of nitrogens with zero attached hydrogens (tertiary/aromatic N) is 3. The Morgan fingerprint density at radius 2 is 1.81 bits per heavy atom. The lowest BCUT2D eigenvalue weighted by molar-refractivity contribution is -0.150. The Labute approximate surface area is 152 Å². The molecule has 144 valence electrons. The van der Waals surface area contributed by atoms with Crippen molar-refractivity contribution < 1.29 is 27.6 Å². The lowest BCUT2D eigenvalue weighted by atomic mass is 9.96. The van der Waals surface area contributed by atoms with Gasteiger partial charge in [0.25, 0.3) is 0 Å². The molecule has 1 atom stereocenters. The number of aliphatic carboxylic acids is 1. The number of carboxylic acid groups (broad SMARTS) is 1. The van der Waals surface area contributed by atoms with Gasteiger partial charge < -0.3 is 14.5 Å². The van der Waals surface area contributed by atoms with E-state index in [1.54, 1.807) is 13.8 Å². The molecule has 0 saturated carbocycles. The van der Waals surface area contributed by atoms with E-state index >= 15 is 0 Å². The van der Waals surface area contributed by atoms with E-state index < -0.39 is 22.0 Å². The fraction of sp³-hybridized carbons (Fsp3) is 0.688. The van der Waals surface area contributed by atoms with Crippen molar-refractivity contribution in [2.45, 2.75) is 50.5 Å². The van der Waals surface area contributed by atoms with E-state index in [1.165, 1.54) is 9.21 Å². The zero-order valence-electron chi connectivity index (χ0n) is 14.8. The largest absolute Gasteiger partial charge is 0.480 e. The molecule has 3 heterocycles. The van der Waals surface area contributed by atoms with Crippen LogP contribution in [0.25, 0.3) is 0 Å². The van der Waals surface area contributed by atoms with E-state index in [2.05, 4.69) is 5.16 Å². The molecule has 26 heavy (non-hydrogen) atoms. The normalized spacial score (nSPS) is 22.7. The fourth-order valence-electron chi connectivity index (χ4n) is 3.84. The molecule has 2 fully saturated rings. The van der Waals surface area contributed by atoms with Gasteiger partial charge in [-0.05, 0) is 39.5 Å². The minimum absolute atomic E-state index is 0.0905. The van der Waals surface area contributed by atoms with E-state index in [0.717, 1.165) is 0 Å². The summed E-state index contributed by atoms with van der Waals surface area (Å²) >= 11 is 0. The van der Waals surface area contributed by atoms with Crippen LogP contribution in [0.4, 0.5) is 0 Å². The fourth-order valence-corrected chi connectivity index (χ4v) is 5.60. The van der Waals surface area contributed by atoms with Gasteiger partial charge in [-0.15, -0.1) is 0 Å². The summed E-state index contributed by atoms with van der Waals surface area (Å²) in [6, 6.07) is -0.758. The molecule has 0 bridgehead atoms. The van der Waals surface area contributed by atoms with E-state index in [4.69, 9.17) is 4.52 Å². The number of sulfonamides is 1. The first-order valence-electron chi connectivity index (χ1n) is 8.69. The van der Waals surface area contributed by atoms with Gasteiger partial charge in [0.1, 0.15) is 16.6 Å². The van der Waals surface area contributed by atoms with Crippen molar-refractivity contribution in [2.24, 2.45) is 5.92 Å². The molecule has 0 aliphatic carbocycles. The lowest BCUT2D eigenvalue weighted by Crippen LogP contribution is -2.47. The highest BCUT2D eigenvalue weighted by Crippen LogP contribution is 2.30. The van der Waals surface area contributed by atoms with E-state index in [0.29, 0.717) is 37.9 Å². The zero-order valence-corrected chi connectivity index (χ0v) is 15.7. The molecule has 2 saturated heterocycles. The van der Waals surface area contributed by atoms with Crippen LogP contribution in [0.3, 0.4) is 0 Å². The minimum Gasteiger partial charge on any atom is -0.480 e. The van der Waals surface area contributed by atoms with Crippen LogP contribution in [0, 0.1) is 19.8 Å². The topological polar surface area (TPSA) is 121 Å². The maximum atomic E-state index is 12.8. The predicted molar refractivity (Wildman–Crippen MR) is 89.8 cm³/mol. The first-order chi connectivity index (χ1) is 12.2. The van der Waals surface area contributed by atoms with Crippen molar-refractivity contribution in [3.05, 3.63) is 11.5 Å². The molecule has 0 radical (unpaired) electrons. The molecule has 2 aliphatic heterocycles. The van der Waals surface area contributed by atoms with Crippen molar-refractivity contribution in [1.82, 2.24) is 14.4 Å². The molecule has 1 aromatic heterocycles. The molecule has 9 nitrogen and oxygen atoms in total. The molecule has 1 amide bonds. The number of carboxylic acids is 1. The maximum Gasteiger partial charge on any atom is 0.326 e. The Kier molecular flexibility index (Phi) is 5.07. The van der Waals surface area contributed by atoms with Crippen LogP contribution in [-0.2, 0) is 19.6 Å². The highest BCUT2D eigenvalue weighted by Gasteiger charge is 2.40. The van der Waals surface area contributed by atoms with Gasteiger partial charge in [-0.25, -0.2) is 13.2 Å². The summed E-state index contributed by atoms with van der Waals surface area (Å²) in [5, 5.41) is 12.9. The van der Waals surface area contributed by atoms with Crippen molar-refractivity contribution in [2.75, 3.05) is 19.6 Å². The van der Waals surface area contributed by atoms with Crippen LogP contribution in [-0.4, -0.2) is 65.4 Å². The van der Waals surface area contributed by atoms with Gasteiger partial charge in [0.15, 0.2) is 5.76 Å². The predicted octanol–water partition coefficient (Wildman–Crippen LogP) is 0.768. The summed E-state index contributed by atoms with van der Waals surface area (Å²) in [5.74, 6) is -1.24. The van der Waals surface area contributed by atoms with Gasteiger partial charge in [0, 0.05) is 25.6 Å². The molecule has 1 aromatic rings. The van der Waals surface area contributed by atoms with Crippen molar-refractivity contribution >= 4 is 21.9 Å². The molecular formula is C16H23N3O6S. The number of aromatic nitrogens is 1. The average Bonchev–Trinajstić information content (AvgIpc) is 3.21. The second-order valence-corrected chi connectivity index (χ2v) is 8.73. The van der Waals surface area contributed by atoms with Crippen LogP contribution in [0.5, 0.6) is 0 Å². The SMILES string of the molecule is Cc1noc(C)c1S(=O)(=O)N1CCC(C(=O)N2CCC[C@H]2C(=O)O)CC1. The van der Waals surface area contributed by atoms with Crippen LogP contribution >= 0.6 is 0 Å². The number of hydrogen-bond acceptors (Lipinski definition) is 6. The first kappa shape index (κ1) is 18.8. The third-order valence-electron chi connectivity index (χ3n) is 5.19. The average molecular weight is 385 g/mol. The minimum atomic E-state index is -3.71. The molecule has 2 aliphatic rings. The van der Waals surface area contributed by atoms with Gasteiger partial charge in [-0.3, -0.25) is 4.79 Å². The van der Waals surface area contributed by atoms with Crippen LogP contribution in [0.2, 0.25) is 0 Å². The van der Waals surface area contributed by atoms with E-state index in [1.807, 2.05) is 0 Å². The summed E-state index contributed by atoms with van der Waals surface area (Å²) < 4.78 is 31.9. The third-order valence-corrected chi connectivity index (χ3v) is 7.33. The number of amides is 1. The highest BCUT2D eigenvalue weighted by atomic mass is 32.2. The van der Waals surface area contributed by atoms with Gasteiger partial charge in [-0.2, -0.15) is 4.31 Å². The highest BCUT2D eigenvalue weighted by molar-refractivity contribution is 7.89. The second kappa shape index (κ2) is 6.99. The van der Waals surface area contributed by atoms with Crippen LogP contribution in [0.1, 0.15) is 37.1 Å². The number of hydrogen-bond donors (Lipinski definition) is 1. The van der Waals surface area contributed by atoms with Crippen molar-refractivity contribution in [1.29, 1.82) is 0 Å². The molecule has 3 rings (SSSR count). The number of carbonyl (C=O) groups is 2. The molecule has 0 spiro atoms. The van der Waals surface area contributed by atoms with Gasteiger partial charge in [0.2, 0.25) is 15.9 Å². The zero-order chi connectivity index (χ0) is 19.1. The van der Waals surface area contributed by atoms with E-state index in [9.17, 15) is 23.1 Å². The third kappa shape index (κ3) is 3.23. The summed E-state index contributed by atoms with van der Waals surface area (Å²) in [7, 11) is -3.71. The summed E-state index contributed by atoms with van der Waals surface area (Å²) in [6.07, 6.45) is 1.91. The smallest absolute Gasteiger partial charge is 0.326 e. The number of likely N-dealkylation sites (tertiary alicyclic amines) is 1. The summed E-state index contributed by atoms with van der Waals surface area (Å²) in [4.78, 5) is 25.5. The van der Waals surface area contributed by atoms with Gasteiger partial charge in [-0.1, -0.05) is 5.16 Å². The number of piperidine rings is 1. The molecule has 10 heteroatoms. The maximum absolute atomic E-state index is 12.8. The van der Waals surface area contributed by atoms with Crippen LogP contribution < -0.4 is 0 Å². The van der Waals surface area contributed by atoms with Gasteiger partial charge >= 0.3 is 5.97 Å². The summed E-state index contributed by atoms with van der Waals surface area (Å²) in [6.45, 7) is 4.03. The second-order valence-electron chi connectivity index (χ2n) is 6.86. The molecule has 0 aromatic carbocycles. The number of carbonyl (C=O) groups excluding carboxylic acids is 1. The Morgan fingerprint density at radius 3 is 2.35 bits per heavy atom. The quantitative estimate of drug-likeness (QED) is 0.812. The monoisotopic (exact) mass is 385 g/mol. The van der Waals surface area contributed by atoms with E-state index in [-0.39, 0.29) is 35.6 Å². The Hall–Kier alpha value is -1.94. The molecular weight excluding hydrogens is 362 g/mol. The van der Waals surface area contributed by atoms with Crippen molar-refractivity contribution in [3.8, 4) is 0 Å². The Bertz CT molecular complexity index is 790. The standard InChI is InChI=1S/C16H23N3O6S/c1-10-14(11(2)25-17-10)26(23,24)18-8-5-12(6-9-18)15(20)19-7-3-4-13(19)16(21)22/h12-13H,3-9H2,1-2H3,(H,21,22)/t13-/m0/s1.